The van der Waals surface area contributed by atoms with Gasteiger partial charge in [0.1, 0.15) is 0 Å². The highest BCUT2D eigenvalue weighted by Crippen LogP contribution is 2.47. The Balaban J connectivity index is 2.62. The molecular weight excluding hydrogens is 345 g/mol. The molecule has 0 amide bonds. The summed E-state index contributed by atoms with van der Waals surface area (Å²) in [6.45, 7) is 0. The van der Waals surface area contributed by atoms with E-state index in [1.165, 1.54) is 48.5 Å². The Labute approximate surface area is 135 Å². The molecule has 0 unspecified atom stereocenters. The maximum Gasteiger partial charge on any atom is 0.294 e. The van der Waals surface area contributed by atoms with E-state index in [0.717, 1.165) is 0 Å². The Morgan fingerprint density at radius 1 is 0.750 bits per heavy atom. The van der Waals surface area contributed by atoms with Crippen LogP contribution in [0.25, 0.3) is 0 Å². The van der Waals surface area contributed by atoms with Gasteiger partial charge in [-0.25, -0.2) is 4.39 Å². The summed E-state index contributed by atoms with van der Waals surface area (Å²) >= 11 is 22.7. The molecule has 6 heteroatoms. The quantitative estimate of drug-likeness (QED) is 0.739. The van der Waals surface area contributed by atoms with Gasteiger partial charge in [0, 0.05) is 10.0 Å². The highest BCUT2D eigenvalue weighted by Gasteiger charge is 2.51. The third kappa shape index (κ3) is 2.90. The van der Waals surface area contributed by atoms with E-state index < -0.39 is 10.2 Å². The zero-order valence-corrected chi connectivity index (χ0v) is 13.0. The first kappa shape index (κ1) is 15.9. The Hall–Kier alpha value is -0.510. The average Bonchev–Trinajstić information content (AvgIpc) is 2.38. The molecule has 0 heterocycles. The van der Waals surface area contributed by atoms with Gasteiger partial charge in [0.25, 0.3) is 4.59 Å². The lowest BCUT2D eigenvalue weighted by atomic mass is 9.87. The summed E-state index contributed by atoms with van der Waals surface area (Å²) in [7, 11) is 0. The van der Waals surface area contributed by atoms with Crippen molar-refractivity contribution < 1.29 is 9.50 Å². The number of hydrogen-bond donors (Lipinski definition) is 1. The van der Waals surface area contributed by atoms with E-state index in [4.69, 9.17) is 46.4 Å². The number of benzene rings is 2. The van der Waals surface area contributed by atoms with Crippen molar-refractivity contribution in [1.82, 2.24) is 0 Å². The fourth-order valence-electron chi connectivity index (χ4n) is 1.88. The van der Waals surface area contributed by atoms with Gasteiger partial charge >= 0.3 is 0 Å². The van der Waals surface area contributed by atoms with E-state index in [-0.39, 0.29) is 11.1 Å². The van der Waals surface area contributed by atoms with Gasteiger partial charge < -0.3 is 5.11 Å². The minimum absolute atomic E-state index is 0.178. The Morgan fingerprint density at radius 2 is 1.05 bits per heavy atom. The van der Waals surface area contributed by atoms with Crippen LogP contribution in [-0.4, -0.2) is 9.69 Å². The van der Waals surface area contributed by atoms with Crippen molar-refractivity contribution in [2.24, 2.45) is 0 Å². The Morgan fingerprint density at radius 3 is 1.30 bits per heavy atom. The predicted molar refractivity (Wildman–Crippen MR) is 81.4 cm³/mol. The smallest absolute Gasteiger partial charge is 0.294 e. The molecule has 0 saturated heterocycles. The molecule has 1 nitrogen and oxygen atoms in total. The molecule has 0 radical (unpaired) electrons. The van der Waals surface area contributed by atoms with E-state index >= 15 is 0 Å². The van der Waals surface area contributed by atoms with Crippen LogP contribution in [0, 0.1) is 0 Å². The van der Waals surface area contributed by atoms with Gasteiger partial charge in [-0.15, -0.1) is 0 Å². The lowest BCUT2D eigenvalue weighted by Crippen LogP contribution is -2.41. The maximum absolute atomic E-state index is 14.2. The molecule has 2 aromatic rings. The topological polar surface area (TPSA) is 20.2 Å². The van der Waals surface area contributed by atoms with Crippen LogP contribution in [0.3, 0.4) is 0 Å². The monoisotopic (exact) mass is 352 g/mol. The molecule has 0 aromatic heterocycles. The van der Waals surface area contributed by atoms with Gasteiger partial charge in [-0.2, -0.15) is 0 Å². The molecule has 0 aliphatic carbocycles. The largest absolute Gasteiger partial charge is 0.375 e. The molecule has 0 spiro atoms. The van der Waals surface area contributed by atoms with Crippen molar-refractivity contribution in [1.29, 1.82) is 0 Å². The second-order valence-electron chi connectivity index (χ2n) is 4.22. The van der Waals surface area contributed by atoms with Gasteiger partial charge in [0.2, 0.25) is 0 Å². The Bertz CT molecular complexity index is 545. The van der Waals surface area contributed by atoms with E-state index in [1.54, 1.807) is 0 Å². The second kappa shape index (κ2) is 5.70. The number of aliphatic hydroxyl groups is 1. The van der Waals surface area contributed by atoms with Gasteiger partial charge in [-0.05, 0) is 35.4 Å². The number of halogens is 5. The van der Waals surface area contributed by atoms with Crippen molar-refractivity contribution in [3.8, 4) is 0 Å². The van der Waals surface area contributed by atoms with Gasteiger partial charge in [-0.1, -0.05) is 70.7 Å². The minimum Gasteiger partial charge on any atom is -0.375 e. The summed E-state index contributed by atoms with van der Waals surface area (Å²) in [6.07, 6.45) is 0. The third-order valence-corrected chi connectivity index (χ3v) is 3.99. The highest BCUT2D eigenvalue weighted by atomic mass is 35.5. The van der Waals surface area contributed by atoms with E-state index in [0.29, 0.717) is 10.0 Å². The molecule has 0 saturated carbocycles. The van der Waals surface area contributed by atoms with Crippen molar-refractivity contribution in [2.45, 2.75) is 10.2 Å². The molecule has 1 N–H and O–H groups in total. The zero-order valence-electron chi connectivity index (χ0n) is 9.96. The fourth-order valence-corrected chi connectivity index (χ4v) is 2.56. The molecule has 20 heavy (non-hydrogen) atoms. The first-order valence-electron chi connectivity index (χ1n) is 5.56. The van der Waals surface area contributed by atoms with Crippen LogP contribution in [0.2, 0.25) is 10.0 Å². The standard InChI is InChI=1S/C14H9Cl4FO/c15-11-5-1-9(2-6-11)13(20,14(17,18)19)10-3-7-12(16)8-4-10/h1-8,20H. The normalized spacial score (nSPS) is 12.5. The molecule has 0 bridgehead atoms. The lowest BCUT2D eigenvalue weighted by molar-refractivity contribution is 0.0121. The molecule has 0 aliphatic rings. The summed E-state index contributed by atoms with van der Waals surface area (Å²) < 4.78 is 11.3. The van der Waals surface area contributed by atoms with Crippen LogP contribution >= 0.6 is 46.4 Å². The van der Waals surface area contributed by atoms with Crippen LogP contribution < -0.4 is 0 Å². The summed E-state index contributed by atoms with van der Waals surface area (Å²) in [4.78, 5) is 0. The summed E-state index contributed by atoms with van der Waals surface area (Å²) in [5, 5.41) is 11.6. The maximum atomic E-state index is 14.2. The molecule has 106 valence electrons. The lowest BCUT2D eigenvalue weighted by Gasteiger charge is -2.34. The molecular formula is C14H9Cl4FO. The van der Waals surface area contributed by atoms with Crippen LogP contribution in [0.4, 0.5) is 4.39 Å². The zero-order chi connectivity index (χ0) is 15.0. The van der Waals surface area contributed by atoms with Crippen LogP contribution in [0.5, 0.6) is 0 Å². The van der Waals surface area contributed by atoms with E-state index in [2.05, 4.69) is 0 Å². The molecule has 0 fully saturated rings. The molecule has 2 aromatic carbocycles. The minimum atomic E-state index is -2.94. The average molecular weight is 354 g/mol. The van der Waals surface area contributed by atoms with Gasteiger partial charge in [0.15, 0.2) is 5.60 Å². The first-order chi connectivity index (χ1) is 9.25. The van der Waals surface area contributed by atoms with Crippen molar-refractivity contribution in [2.75, 3.05) is 0 Å². The first-order valence-corrected chi connectivity index (χ1v) is 7.07. The van der Waals surface area contributed by atoms with Gasteiger partial charge in [-0.3, -0.25) is 0 Å². The molecule has 0 atom stereocenters. The molecule has 0 aliphatic heterocycles. The number of alkyl halides is 3. The predicted octanol–water partition coefficient (Wildman–Crippen LogP) is 5.33. The fraction of sp³-hybridized carbons (Fsp3) is 0.143. The Kier molecular flexibility index (Phi) is 4.53. The van der Waals surface area contributed by atoms with Crippen LogP contribution in [0.15, 0.2) is 48.5 Å². The summed E-state index contributed by atoms with van der Waals surface area (Å²) in [5.74, 6) is 0. The van der Waals surface area contributed by atoms with Crippen molar-refractivity contribution in [3.05, 3.63) is 69.7 Å². The van der Waals surface area contributed by atoms with E-state index in [1.807, 2.05) is 0 Å². The summed E-state index contributed by atoms with van der Waals surface area (Å²) in [6, 6.07) is 11.9. The third-order valence-electron chi connectivity index (χ3n) is 2.93. The SMILES string of the molecule is OC(c1ccc(Cl)cc1)(c1ccc(Cl)cc1)C(F)(Cl)Cl. The van der Waals surface area contributed by atoms with Crippen molar-refractivity contribution >= 4 is 46.4 Å². The van der Waals surface area contributed by atoms with Crippen LogP contribution in [0.1, 0.15) is 11.1 Å². The number of hydrogen-bond acceptors (Lipinski definition) is 1. The van der Waals surface area contributed by atoms with Crippen molar-refractivity contribution in [3.63, 3.8) is 0 Å². The van der Waals surface area contributed by atoms with Crippen LogP contribution in [-0.2, 0) is 5.60 Å². The second-order valence-corrected chi connectivity index (χ2v) is 6.33. The summed E-state index contributed by atoms with van der Waals surface area (Å²) in [5.41, 5.74) is -1.89. The number of rotatable bonds is 3. The highest BCUT2D eigenvalue weighted by molar-refractivity contribution is 6.48. The van der Waals surface area contributed by atoms with Gasteiger partial charge in [0.05, 0.1) is 0 Å². The van der Waals surface area contributed by atoms with E-state index in [9.17, 15) is 9.50 Å². The molecule has 2 rings (SSSR count).